The molecule has 1 amide bonds. The molecule has 0 aromatic carbocycles. The molecule has 0 aliphatic heterocycles. The van der Waals surface area contributed by atoms with Crippen molar-refractivity contribution in [1.29, 1.82) is 0 Å². The molecule has 1 heterocycles. The number of rotatable bonds is 4. The zero-order valence-electron chi connectivity index (χ0n) is 8.34. The Kier molecular flexibility index (Phi) is 4.14. The van der Waals surface area contributed by atoms with Gasteiger partial charge in [0, 0.05) is 6.20 Å². The fourth-order valence-electron chi connectivity index (χ4n) is 0.918. The van der Waals surface area contributed by atoms with Crippen molar-refractivity contribution in [3.63, 3.8) is 0 Å². The molecule has 3 N–H and O–H groups in total. The summed E-state index contributed by atoms with van der Waals surface area (Å²) in [4.78, 5) is 19.2. The molecule has 0 spiro atoms. The van der Waals surface area contributed by atoms with E-state index >= 15 is 0 Å². The number of aliphatic hydroxyl groups is 2. The highest BCUT2D eigenvalue weighted by atomic mass is 16.3. The van der Waals surface area contributed by atoms with Gasteiger partial charge in [-0.1, -0.05) is 0 Å². The second kappa shape index (κ2) is 5.38. The van der Waals surface area contributed by atoms with Crippen LogP contribution in [0.15, 0.2) is 12.4 Å². The second-order valence-corrected chi connectivity index (χ2v) is 3.08. The van der Waals surface area contributed by atoms with E-state index in [-0.39, 0.29) is 18.9 Å². The molecule has 1 rings (SSSR count). The largest absolute Gasteiger partial charge is 0.394 e. The Hall–Kier alpha value is -1.53. The first-order chi connectivity index (χ1) is 7.17. The summed E-state index contributed by atoms with van der Waals surface area (Å²) < 4.78 is 0. The summed E-state index contributed by atoms with van der Waals surface area (Å²) in [5, 5.41) is 19.9. The van der Waals surface area contributed by atoms with E-state index < -0.39 is 11.9 Å². The van der Waals surface area contributed by atoms with Gasteiger partial charge in [-0.2, -0.15) is 0 Å². The molecule has 0 saturated heterocycles. The number of aryl methyl sites for hydroxylation is 1. The number of aliphatic hydroxyl groups excluding tert-OH is 2. The highest BCUT2D eigenvalue weighted by Gasteiger charge is 2.12. The molecule has 0 aliphatic rings. The minimum Gasteiger partial charge on any atom is -0.394 e. The van der Waals surface area contributed by atoms with Crippen LogP contribution in [0.5, 0.6) is 0 Å². The molecule has 1 aromatic rings. The van der Waals surface area contributed by atoms with E-state index in [9.17, 15) is 4.79 Å². The summed E-state index contributed by atoms with van der Waals surface area (Å²) in [6.07, 6.45) is 2.82. The molecule has 0 unspecified atom stereocenters. The normalized spacial score (nSPS) is 10.4. The van der Waals surface area contributed by atoms with Gasteiger partial charge in [0.25, 0.3) is 5.91 Å². The lowest BCUT2D eigenvalue weighted by atomic mass is 10.3. The van der Waals surface area contributed by atoms with Gasteiger partial charge in [0.15, 0.2) is 0 Å². The molecule has 0 atom stereocenters. The van der Waals surface area contributed by atoms with Gasteiger partial charge in [-0.05, 0) is 6.92 Å². The summed E-state index contributed by atoms with van der Waals surface area (Å²) in [5.41, 5.74) is 0.875. The number of amides is 1. The van der Waals surface area contributed by atoms with Gasteiger partial charge in [-0.25, -0.2) is 4.98 Å². The van der Waals surface area contributed by atoms with Crippen LogP contribution in [-0.4, -0.2) is 45.3 Å². The minimum atomic E-state index is -0.666. The number of aromatic nitrogens is 2. The molecule has 0 bridgehead atoms. The Morgan fingerprint density at radius 2 is 2.07 bits per heavy atom. The van der Waals surface area contributed by atoms with Crippen LogP contribution in [0.2, 0.25) is 0 Å². The third kappa shape index (κ3) is 3.26. The molecule has 82 valence electrons. The fraction of sp³-hybridized carbons (Fsp3) is 0.444. The van der Waals surface area contributed by atoms with Gasteiger partial charge in [0.1, 0.15) is 5.69 Å². The number of hydrogen-bond acceptors (Lipinski definition) is 5. The van der Waals surface area contributed by atoms with Crippen LogP contribution >= 0.6 is 0 Å². The Morgan fingerprint density at radius 3 is 2.53 bits per heavy atom. The van der Waals surface area contributed by atoms with E-state index in [1.54, 1.807) is 6.92 Å². The number of carbonyl (C=O) groups is 1. The van der Waals surface area contributed by atoms with Gasteiger partial charge < -0.3 is 15.5 Å². The zero-order chi connectivity index (χ0) is 11.3. The first kappa shape index (κ1) is 11.5. The summed E-state index contributed by atoms with van der Waals surface area (Å²) in [6, 6.07) is -0.666. The molecule has 0 aliphatic carbocycles. The quantitative estimate of drug-likeness (QED) is 0.585. The predicted molar refractivity (Wildman–Crippen MR) is 52.2 cm³/mol. The van der Waals surface area contributed by atoms with E-state index in [1.165, 1.54) is 12.4 Å². The maximum Gasteiger partial charge on any atom is 0.271 e. The van der Waals surface area contributed by atoms with Crippen LogP contribution in [0.25, 0.3) is 0 Å². The molecule has 0 radical (unpaired) electrons. The fourth-order valence-corrected chi connectivity index (χ4v) is 0.918. The topological polar surface area (TPSA) is 95.3 Å². The molecule has 1 aromatic heterocycles. The number of nitrogens with one attached hydrogen (secondary N) is 1. The summed E-state index contributed by atoms with van der Waals surface area (Å²) in [6.45, 7) is 1.13. The van der Waals surface area contributed by atoms with Crippen molar-refractivity contribution in [1.82, 2.24) is 15.3 Å². The van der Waals surface area contributed by atoms with Crippen molar-refractivity contribution >= 4 is 5.91 Å². The third-order valence-corrected chi connectivity index (χ3v) is 1.79. The molecule has 0 fully saturated rings. The van der Waals surface area contributed by atoms with E-state index in [0.29, 0.717) is 5.69 Å². The van der Waals surface area contributed by atoms with Crippen molar-refractivity contribution in [2.45, 2.75) is 13.0 Å². The van der Waals surface area contributed by atoms with E-state index in [1.807, 2.05) is 0 Å². The molecule has 0 saturated carbocycles. The Labute approximate surface area is 87.0 Å². The summed E-state index contributed by atoms with van der Waals surface area (Å²) in [5.74, 6) is -0.462. The lowest BCUT2D eigenvalue weighted by molar-refractivity contribution is 0.0874. The Bertz CT molecular complexity index is 322. The molecule has 6 heteroatoms. The predicted octanol–water partition coefficient (Wildman–Crippen LogP) is -1.13. The van der Waals surface area contributed by atoms with Crippen molar-refractivity contribution in [2.24, 2.45) is 0 Å². The second-order valence-electron chi connectivity index (χ2n) is 3.08. The summed E-state index contributed by atoms with van der Waals surface area (Å²) in [7, 11) is 0. The van der Waals surface area contributed by atoms with Crippen LogP contribution in [-0.2, 0) is 0 Å². The van der Waals surface area contributed by atoms with Crippen molar-refractivity contribution in [3.05, 3.63) is 23.8 Å². The van der Waals surface area contributed by atoms with E-state index in [4.69, 9.17) is 10.2 Å². The lowest BCUT2D eigenvalue weighted by Gasteiger charge is -2.12. The van der Waals surface area contributed by atoms with Crippen LogP contribution in [0.4, 0.5) is 0 Å². The van der Waals surface area contributed by atoms with Gasteiger partial charge in [0.2, 0.25) is 0 Å². The lowest BCUT2D eigenvalue weighted by Crippen LogP contribution is -2.40. The highest BCUT2D eigenvalue weighted by molar-refractivity contribution is 5.92. The van der Waals surface area contributed by atoms with Crippen LogP contribution in [0, 0.1) is 6.92 Å². The third-order valence-electron chi connectivity index (χ3n) is 1.79. The number of hydrogen-bond donors (Lipinski definition) is 3. The Balaban J connectivity index is 2.64. The van der Waals surface area contributed by atoms with E-state index in [0.717, 1.165) is 0 Å². The van der Waals surface area contributed by atoms with Gasteiger partial charge >= 0.3 is 0 Å². The van der Waals surface area contributed by atoms with Gasteiger partial charge in [0.05, 0.1) is 31.1 Å². The van der Waals surface area contributed by atoms with Crippen molar-refractivity contribution in [2.75, 3.05) is 13.2 Å². The maximum atomic E-state index is 11.4. The molecule has 15 heavy (non-hydrogen) atoms. The highest BCUT2D eigenvalue weighted by Crippen LogP contribution is 1.94. The average Bonchev–Trinajstić information content (AvgIpc) is 2.26. The van der Waals surface area contributed by atoms with Gasteiger partial charge in [-0.15, -0.1) is 0 Å². The molecular weight excluding hydrogens is 198 g/mol. The Morgan fingerprint density at radius 1 is 1.40 bits per heavy atom. The number of nitrogens with zero attached hydrogens (tertiary/aromatic N) is 2. The van der Waals surface area contributed by atoms with E-state index in [2.05, 4.69) is 15.3 Å². The van der Waals surface area contributed by atoms with Crippen molar-refractivity contribution in [3.8, 4) is 0 Å². The monoisotopic (exact) mass is 211 g/mol. The smallest absolute Gasteiger partial charge is 0.271 e. The van der Waals surface area contributed by atoms with Gasteiger partial charge in [-0.3, -0.25) is 9.78 Å². The average molecular weight is 211 g/mol. The summed E-state index contributed by atoms with van der Waals surface area (Å²) >= 11 is 0. The first-order valence-corrected chi connectivity index (χ1v) is 4.48. The molecular formula is C9H13N3O3. The first-order valence-electron chi connectivity index (χ1n) is 4.48. The maximum absolute atomic E-state index is 11.4. The van der Waals surface area contributed by atoms with Crippen LogP contribution < -0.4 is 5.32 Å². The van der Waals surface area contributed by atoms with Crippen LogP contribution in [0.1, 0.15) is 16.2 Å². The zero-order valence-corrected chi connectivity index (χ0v) is 8.34. The van der Waals surface area contributed by atoms with Crippen molar-refractivity contribution < 1.29 is 15.0 Å². The van der Waals surface area contributed by atoms with Crippen LogP contribution in [0.3, 0.4) is 0 Å². The minimum absolute atomic E-state index is 0.160. The SMILES string of the molecule is Cc1cnc(C(=O)NC(CO)CO)cn1. The standard InChI is InChI=1S/C9H13N3O3/c1-6-2-11-8(3-10-6)9(15)12-7(4-13)5-14/h2-3,7,13-14H,4-5H2,1H3,(H,12,15). The number of carbonyl (C=O) groups excluding carboxylic acids is 1. The molecule has 6 nitrogen and oxygen atoms in total.